The molecule has 6 nitrogen and oxygen atoms in total. The van der Waals surface area contributed by atoms with E-state index >= 15 is 0 Å². The Labute approximate surface area is 109 Å². The summed E-state index contributed by atoms with van der Waals surface area (Å²) in [6, 6.07) is 5.20. The number of nitrogens with zero attached hydrogens (tertiary/aromatic N) is 1. The number of anilines is 1. The topological polar surface area (TPSA) is 84.1 Å². The lowest BCUT2D eigenvalue weighted by molar-refractivity contribution is 0.168. The molecule has 0 aliphatic rings. The molecule has 2 N–H and O–H groups in total. The fraction of sp³-hybridized carbons (Fsp3) is 0.154. The SMILES string of the molecule is CCOC(=O)Nc1cc(-c2ccncc2)c[nH]c1=O. The molecule has 0 aromatic carbocycles. The number of carbonyl (C=O) groups is 1. The van der Waals surface area contributed by atoms with Gasteiger partial charge in [-0.3, -0.25) is 15.1 Å². The van der Waals surface area contributed by atoms with Crippen LogP contribution in [0.15, 0.2) is 41.6 Å². The normalized spacial score (nSPS) is 9.95. The van der Waals surface area contributed by atoms with Crippen molar-refractivity contribution in [2.24, 2.45) is 0 Å². The van der Waals surface area contributed by atoms with Gasteiger partial charge in [-0.05, 0) is 30.7 Å². The van der Waals surface area contributed by atoms with Crippen LogP contribution in [0.5, 0.6) is 0 Å². The average molecular weight is 259 g/mol. The van der Waals surface area contributed by atoms with Gasteiger partial charge in [-0.25, -0.2) is 4.79 Å². The van der Waals surface area contributed by atoms with Crippen LogP contribution in [0.2, 0.25) is 0 Å². The van der Waals surface area contributed by atoms with Gasteiger partial charge in [0.15, 0.2) is 0 Å². The summed E-state index contributed by atoms with van der Waals surface area (Å²) in [5.74, 6) is 0. The molecule has 0 unspecified atom stereocenters. The zero-order valence-corrected chi connectivity index (χ0v) is 10.3. The summed E-state index contributed by atoms with van der Waals surface area (Å²) in [5.41, 5.74) is 1.42. The first-order valence-electron chi connectivity index (χ1n) is 5.77. The van der Waals surface area contributed by atoms with Crippen LogP contribution in [-0.4, -0.2) is 22.7 Å². The first-order valence-corrected chi connectivity index (χ1v) is 5.77. The Morgan fingerprint density at radius 2 is 2.11 bits per heavy atom. The van der Waals surface area contributed by atoms with E-state index in [1.54, 1.807) is 31.6 Å². The summed E-state index contributed by atoms with van der Waals surface area (Å²) < 4.78 is 4.73. The predicted molar refractivity (Wildman–Crippen MR) is 70.9 cm³/mol. The Hall–Kier alpha value is -2.63. The van der Waals surface area contributed by atoms with Gasteiger partial charge in [-0.15, -0.1) is 0 Å². The number of amides is 1. The average Bonchev–Trinajstić information content (AvgIpc) is 2.42. The molecule has 98 valence electrons. The Morgan fingerprint density at radius 1 is 1.37 bits per heavy atom. The summed E-state index contributed by atoms with van der Waals surface area (Å²) in [6.45, 7) is 1.94. The molecule has 1 amide bonds. The van der Waals surface area contributed by atoms with Gasteiger partial charge in [0.1, 0.15) is 5.69 Å². The second kappa shape index (κ2) is 5.81. The van der Waals surface area contributed by atoms with Crippen LogP contribution >= 0.6 is 0 Å². The lowest BCUT2D eigenvalue weighted by Gasteiger charge is -2.06. The van der Waals surface area contributed by atoms with Gasteiger partial charge < -0.3 is 9.72 Å². The third-order valence-electron chi connectivity index (χ3n) is 2.43. The zero-order chi connectivity index (χ0) is 13.7. The van der Waals surface area contributed by atoms with Crippen LogP contribution < -0.4 is 10.9 Å². The molecule has 0 aliphatic heterocycles. The second-order valence-corrected chi connectivity index (χ2v) is 3.71. The number of carbonyl (C=O) groups excluding carboxylic acids is 1. The molecule has 2 heterocycles. The molecule has 0 radical (unpaired) electrons. The third-order valence-corrected chi connectivity index (χ3v) is 2.43. The number of nitrogens with one attached hydrogen (secondary N) is 2. The Kier molecular flexibility index (Phi) is 3.92. The van der Waals surface area contributed by atoms with Crippen molar-refractivity contribution in [3.05, 3.63) is 47.1 Å². The quantitative estimate of drug-likeness (QED) is 0.883. The van der Waals surface area contributed by atoms with Crippen molar-refractivity contribution in [2.45, 2.75) is 6.92 Å². The van der Waals surface area contributed by atoms with E-state index in [-0.39, 0.29) is 17.9 Å². The minimum atomic E-state index is -0.653. The summed E-state index contributed by atoms with van der Waals surface area (Å²) in [6.07, 6.45) is 4.23. The molecule has 6 heteroatoms. The molecular formula is C13H13N3O3. The standard InChI is InChI=1S/C13H13N3O3/c1-2-19-13(18)16-11-7-10(8-15-12(11)17)9-3-5-14-6-4-9/h3-8H,2H2,1H3,(H,15,17)(H,16,18). The molecule has 2 aromatic rings. The fourth-order valence-electron chi connectivity index (χ4n) is 1.56. The van der Waals surface area contributed by atoms with E-state index in [4.69, 9.17) is 4.74 Å². The lowest BCUT2D eigenvalue weighted by Crippen LogP contribution is -2.20. The number of pyridine rings is 2. The minimum Gasteiger partial charge on any atom is -0.450 e. The van der Waals surface area contributed by atoms with Gasteiger partial charge in [0.25, 0.3) is 5.56 Å². The van der Waals surface area contributed by atoms with Gasteiger partial charge in [0.2, 0.25) is 0 Å². The Balaban J connectivity index is 2.30. The van der Waals surface area contributed by atoms with Crippen LogP contribution in [-0.2, 0) is 4.74 Å². The highest BCUT2D eigenvalue weighted by Gasteiger charge is 2.07. The van der Waals surface area contributed by atoms with Gasteiger partial charge in [0, 0.05) is 24.2 Å². The maximum absolute atomic E-state index is 11.6. The fourth-order valence-corrected chi connectivity index (χ4v) is 1.56. The lowest BCUT2D eigenvalue weighted by atomic mass is 10.1. The summed E-state index contributed by atoms with van der Waals surface area (Å²) in [4.78, 5) is 29.4. The van der Waals surface area contributed by atoms with Gasteiger partial charge in [0.05, 0.1) is 6.61 Å². The molecule has 0 fully saturated rings. The van der Waals surface area contributed by atoms with Crippen LogP contribution in [0.1, 0.15) is 6.92 Å². The van der Waals surface area contributed by atoms with Crippen molar-refractivity contribution in [1.82, 2.24) is 9.97 Å². The van der Waals surface area contributed by atoms with Crippen molar-refractivity contribution in [3.63, 3.8) is 0 Å². The molecule has 0 bridgehead atoms. The summed E-state index contributed by atoms with van der Waals surface area (Å²) in [5, 5.41) is 2.40. The highest BCUT2D eigenvalue weighted by atomic mass is 16.5. The molecule has 0 saturated carbocycles. The van der Waals surface area contributed by atoms with Crippen molar-refractivity contribution < 1.29 is 9.53 Å². The molecule has 19 heavy (non-hydrogen) atoms. The van der Waals surface area contributed by atoms with Gasteiger partial charge in [-0.1, -0.05) is 0 Å². The highest BCUT2D eigenvalue weighted by Crippen LogP contribution is 2.18. The zero-order valence-electron chi connectivity index (χ0n) is 10.3. The number of aromatic nitrogens is 2. The van der Waals surface area contributed by atoms with Gasteiger partial charge in [-0.2, -0.15) is 0 Å². The second-order valence-electron chi connectivity index (χ2n) is 3.71. The minimum absolute atomic E-state index is 0.146. The Morgan fingerprint density at radius 3 is 2.79 bits per heavy atom. The molecule has 0 saturated heterocycles. The highest BCUT2D eigenvalue weighted by molar-refractivity contribution is 5.85. The van der Waals surface area contributed by atoms with Crippen molar-refractivity contribution in [2.75, 3.05) is 11.9 Å². The van der Waals surface area contributed by atoms with Crippen molar-refractivity contribution in [1.29, 1.82) is 0 Å². The number of hydrogen-bond acceptors (Lipinski definition) is 4. The molecule has 0 spiro atoms. The molecular weight excluding hydrogens is 246 g/mol. The molecule has 0 atom stereocenters. The number of aromatic amines is 1. The molecule has 2 rings (SSSR count). The summed E-state index contributed by atoms with van der Waals surface area (Å²) >= 11 is 0. The van der Waals surface area contributed by atoms with E-state index in [0.29, 0.717) is 0 Å². The monoisotopic (exact) mass is 259 g/mol. The van der Waals surface area contributed by atoms with E-state index in [0.717, 1.165) is 11.1 Å². The first-order chi connectivity index (χ1) is 9.20. The van der Waals surface area contributed by atoms with E-state index < -0.39 is 6.09 Å². The van der Waals surface area contributed by atoms with Crippen LogP contribution in [0.25, 0.3) is 11.1 Å². The van der Waals surface area contributed by atoms with Gasteiger partial charge >= 0.3 is 6.09 Å². The van der Waals surface area contributed by atoms with Crippen molar-refractivity contribution in [3.8, 4) is 11.1 Å². The number of rotatable bonds is 3. The van der Waals surface area contributed by atoms with E-state index in [1.807, 2.05) is 12.1 Å². The maximum Gasteiger partial charge on any atom is 0.411 e. The predicted octanol–water partition coefficient (Wildman–Crippen LogP) is 2.01. The van der Waals surface area contributed by atoms with Crippen LogP contribution in [0.3, 0.4) is 0 Å². The van der Waals surface area contributed by atoms with E-state index in [2.05, 4.69) is 15.3 Å². The van der Waals surface area contributed by atoms with E-state index in [9.17, 15) is 9.59 Å². The van der Waals surface area contributed by atoms with Crippen molar-refractivity contribution >= 4 is 11.8 Å². The smallest absolute Gasteiger partial charge is 0.411 e. The summed E-state index contributed by atoms with van der Waals surface area (Å²) in [7, 11) is 0. The first kappa shape index (κ1) is 12.8. The number of hydrogen-bond donors (Lipinski definition) is 2. The number of H-pyrrole nitrogens is 1. The van der Waals surface area contributed by atoms with Crippen LogP contribution in [0, 0.1) is 0 Å². The Bertz CT molecular complexity index is 623. The molecule has 0 aliphatic carbocycles. The number of ether oxygens (including phenoxy) is 1. The molecule has 2 aromatic heterocycles. The third kappa shape index (κ3) is 3.19. The van der Waals surface area contributed by atoms with E-state index in [1.165, 1.54) is 0 Å². The maximum atomic E-state index is 11.6. The largest absolute Gasteiger partial charge is 0.450 e. The van der Waals surface area contributed by atoms with Crippen LogP contribution in [0.4, 0.5) is 10.5 Å².